The summed E-state index contributed by atoms with van der Waals surface area (Å²) in [6.07, 6.45) is -2.75. The van der Waals surface area contributed by atoms with Crippen LogP contribution in [-0.2, 0) is 6.18 Å². The summed E-state index contributed by atoms with van der Waals surface area (Å²) in [4.78, 5) is 10.4. The standard InChI is InChI=1S/C28H17F3N2OS/c1-19-16-25(13-14-27(19)34)35-26-17-23(10-7-20-5-8-21(9-6-20)28(29,30)31)33-24(18-26)12-11-22-4-2-3-15-32-22/h2-6,8-9,13-18,34H,1H3. The van der Waals surface area contributed by atoms with Crippen LogP contribution in [0.1, 0.15) is 33.8 Å². The third kappa shape index (κ3) is 6.66. The third-order valence-electron chi connectivity index (χ3n) is 4.73. The normalized spacial score (nSPS) is 10.6. The summed E-state index contributed by atoms with van der Waals surface area (Å²) >= 11 is 1.46. The number of pyridine rings is 2. The van der Waals surface area contributed by atoms with E-state index in [1.54, 1.807) is 36.5 Å². The van der Waals surface area contributed by atoms with Crippen molar-refractivity contribution in [2.45, 2.75) is 22.9 Å². The van der Waals surface area contributed by atoms with E-state index < -0.39 is 11.7 Å². The molecule has 4 rings (SSSR count). The van der Waals surface area contributed by atoms with Crippen LogP contribution in [0, 0.1) is 30.6 Å². The molecule has 0 unspecified atom stereocenters. The van der Waals surface area contributed by atoms with E-state index >= 15 is 0 Å². The van der Waals surface area contributed by atoms with Gasteiger partial charge in [-0.3, -0.25) is 0 Å². The van der Waals surface area contributed by atoms with Crippen LogP contribution in [-0.4, -0.2) is 15.1 Å². The number of alkyl halides is 3. The van der Waals surface area contributed by atoms with E-state index in [9.17, 15) is 18.3 Å². The number of hydrogen-bond donors (Lipinski definition) is 1. The second-order valence-electron chi connectivity index (χ2n) is 7.41. The first-order valence-electron chi connectivity index (χ1n) is 10.4. The van der Waals surface area contributed by atoms with Crippen LogP contribution in [0.4, 0.5) is 13.2 Å². The average molecular weight is 487 g/mol. The average Bonchev–Trinajstić information content (AvgIpc) is 2.84. The fraction of sp³-hybridized carbons (Fsp3) is 0.0714. The summed E-state index contributed by atoms with van der Waals surface area (Å²) in [5.74, 6) is 12.0. The van der Waals surface area contributed by atoms with E-state index in [1.807, 2.05) is 25.1 Å². The van der Waals surface area contributed by atoms with Gasteiger partial charge in [-0.15, -0.1) is 0 Å². The van der Waals surface area contributed by atoms with Gasteiger partial charge in [0.1, 0.15) is 22.8 Å². The molecule has 0 amide bonds. The molecule has 1 N–H and O–H groups in total. The Morgan fingerprint density at radius 3 is 2.09 bits per heavy atom. The van der Waals surface area contributed by atoms with Gasteiger partial charge >= 0.3 is 6.18 Å². The van der Waals surface area contributed by atoms with Crippen molar-refractivity contribution in [3.63, 3.8) is 0 Å². The molecule has 0 spiro atoms. The van der Waals surface area contributed by atoms with Gasteiger partial charge in [0.2, 0.25) is 0 Å². The number of hydrogen-bond acceptors (Lipinski definition) is 4. The minimum Gasteiger partial charge on any atom is -0.508 e. The molecule has 0 saturated heterocycles. The van der Waals surface area contributed by atoms with Crippen molar-refractivity contribution >= 4 is 11.8 Å². The van der Waals surface area contributed by atoms with Crippen molar-refractivity contribution in [1.29, 1.82) is 0 Å². The first-order chi connectivity index (χ1) is 16.8. The minimum atomic E-state index is -4.40. The van der Waals surface area contributed by atoms with Gasteiger partial charge in [0.15, 0.2) is 0 Å². The van der Waals surface area contributed by atoms with Gasteiger partial charge in [-0.25, -0.2) is 9.97 Å². The summed E-state index contributed by atoms with van der Waals surface area (Å²) in [5.41, 5.74) is 1.97. The zero-order chi connectivity index (χ0) is 24.8. The highest BCUT2D eigenvalue weighted by molar-refractivity contribution is 7.99. The molecule has 0 aliphatic heterocycles. The summed E-state index contributed by atoms with van der Waals surface area (Å²) in [7, 11) is 0. The summed E-state index contributed by atoms with van der Waals surface area (Å²) in [5, 5.41) is 9.79. The molecule has 4 aromatic rings. The molecule has 0 fully saturated rings. The van der Waals surface area contributed by atoms with Gasteiger partial charge in [-0.2, -0.15) is 13.2 Å². The van der Waals surface area contributed by atoms with Crippen LogP contribution < -0.4 is 0 Å². The smallest absolute Gasteiger partial charge is 0.416 e. The van der Waals surface area contributed by atoms with Crippen LogP contribution in [0.25, 0.3) is 0 Å². The second kappa shape index (κ2) is 10.4. The quantitative estimate of drug-likeness (QED) is 0.330. The molecule has 2 heterocycles. The number of nitrogens with zero attached hydrogens (tertiary/aromatic N) is 2. The van der Waals surface area contributed by atoms with Crippen LogP contribution in [0.5, 0.6) is 5.75 Å². The van der Waals surface area contributed by atoms with E-state index in [-0.39, 0.29) is 5.75 Å². The molecule has 3 nitrogen and oxygen atoms in total. The van der Waals surface area contributed by atoms with E-state index in [1.165, 1.54) is 23.9 Å². The molecule has 7 heteroatoms. The second-order valence-corrected chi connectivity index (χ2v) is 8.56. The number of aromatic nitrogens is 2. The van der Waals surface area contributed by atoms with E-state index in [0.29, 0.717) is 22.6 Å². The zero-order valence-corrected chi connectivity index (χ0v) is 19.2. The fourth-order valence-corrected chi connectivity index (χ4v) is 3.95. The van der Waals surface area contributed by atoms with Gasteiger partial charge in [-0.1, -0.05) is 23.7 Å². The maximum absolute atomic E-state index is 12.8. The van der Waals surface area contributed by atoms with Gasteiger partial charge in [0.05, 0.1) is 5.56 Å². The Hall–Kier alpha value is -4.20. The lowest BCUT2D eigenvalue weighted by molar-refractivity contribution is -0.137. The van der Waals surface area contributed by atoms with Crippen molar-refractivity contribution in [3.8, 4) is 29.4 Å². The lowest BCUT2D eigenvalue weighted by Crippen LogP contribution is -2.04. The van der Waals surface area contributed by atoms with Gasteiger partial charge in [-0.05, 0) is 97.0 Å². The number of rotatable bonds is 2. The van der Waals surface area contributed by atoms with E-state index in [2.05, 4.69) is 33.6 Å². The summed E-state index contributed by atoms with van der Waals surface area (Å²) < 4.78 is 38.4. The molecular weight excluding hydrogens is 469 g/mol. The summed E-state index contributed by atoms with van der Waals surface area (Å²) in [6, 6.07) is 19.0. The predicted octanol–water partition coefficient (Wildman–Crippen LogP) is 6.46. The molecule has 2 aromatic carbocycles. The Balaban J connectivity index is 1.68. The Bertz CT molecular complexity index is 1480. The van der Waals surface area contributed by atoms with Crippen LogP contribution in [0.2, 0.25) is 0 Å². The predicted molar refractivity (Wildman–Crippen MR) is 129 cm³/mol. The lowest BCUT2D eigenvalue weighted by atomic mass is 10.1. The largest absolute Gasteiger partial charge is 0.508 e. The monoisotopic (exact) mass is 486 g/mol. The first-order valence-corrected chi connectivity index (χ1v) is 11.2. The molecule has 35 heavy (non-hydrogen) atoms. The number of phenolic OH excluding ortho intramolecular Hbond substituents is 1. The number of benzene rings is 2. The minimum absolute atomic E-state index is 0.217. The molecule has 0 saturated carbocycles. The topological polar surface area (TPSA) is 46.0 Å². The van der Waals surface area contributed by atoms with Crippen molar-refractivity contribution in [3.05, 3.63) is 113 Å². The van der Waals surface area contributed by atoms with Gasteiger partial charge in [0.25, 0.3) is 0 Å². The van der Waals surface area contributed by atoms with Crippen molar-refractivity contribution < 1.29 is 18.3 Å². The SMILES string of the molecule is Cc1cc(Sc2cc(C#Cc3ccc(C(F)(F)F)cc3)nc(C#Cc3ccccn3)c2)ccc1O. The number of aryl methyl sites for hydroxylation is 1. The molecule has 0 aliphatic carbocycles. The Kier molecular flexibility index (Phi) is 7.10. The molecule has 0 aliphatic rings. The molecular formula is C28H17F3N2OS. The van der Waals surface area contributed by atoms with Crippen molar-refractivity contribution in [2.75, 3.05) is 0 Å². The highest BCUT2D eigenvalue weighted by Gasteiger charge is 2.29. The van der Waals surface area contributed by atoms with Gasteiger partial charge < -0.3 is 5.11 Å². The number of halogens is 3. The van der Waals surface area contributed by atoms with Crippen LogP contribution >= 0.6 is 11.8 Å². The third-order valence-corrected chi connectivity index (χ3v) is 5.69. The van der Waals surface area contributed by atoms with Gasteiger partial charge in [0, 0.05) is 21.6 Å². The molecule has 2 aromatic heterocycles. The van der Waals surface area contributed by atoms with Crippen molar-refractivity contribution in [2.24, 2.45) is 0 Å². The highest BCUT2D eigenvalue weighted by atomic mass is 32.2. The fourth-order valence-electron chi connectivity index (χ4n) is 2.96. The number of phenols is 1. The molecule has 0 radical (unpaired) electrons. The highest BCUT2D eigenvalue weighted by Crippen LogP contribution is 2.31. The maximum atomic E-state index is 12.8. The Morgan fingerprint density at radius 1 is 0.771 bits per heavy atom. The maximum Gasteiger partial charge on any atom is 0.416 e. The Morgan fingerprint density at radius 2 is 1.46 bits per heavy atom. The molecule has 0 bridgehead atoms. The van der Waals surface area contributed by atoms with Crippen LogP contribution in [0.15, 0.2) is 88.8 Å². The lowest BCUT2D eigenvalue weighted by Gasteiger charge is -2.06. The number of aromatic hydroxyl groups is 1. The zero-order valence-electron chi connectivity index (χ0n) is 18.4. The molecule has 172 valence electrons. The van der Waals surface area contributed by atoms with E-state index in [0.717, 1.165) is 27.5 Å². The van der Waals surface area contributed by atoms with Crippen molar-refractivity contribution in [1.82, 2.24) is 9.97 Å². The summed E-state index contributed by atoms with van der Waals surface area (Å²) in [6.45, 7) is 1.82. The Labute approximate surface area is 205 Å². The first kappa shape index (κ1) is 23.9. The van der Waals surface area contributed by atoms with E-state index in [4.69, 9.17) is 0 Å². The van der Waals surface area contributed by atoms with Crippen LogP contribution in [0.3, 0.4) is 0 Å². The molecule has 0 atom stereocenters.